The van der Waals surface area contributed by atoms with Crippen molar-refractivity contribution in [3.05, 3.63) is 75.6 Å². The number of nitrogens with zero attached hydrogens (tertiary/aromatic N) is 1. The number of nitrogens with one attached hydrogen (secondary N) is 1. The van der Waals surface area contributed by atoms with Crippen LogP contribution in [0.5, 0.6) is 5.75 Å². The summed E-state index contributed by atoms with van der Waals surface area (Å²) in [6.45, 7) is 4.58. The first-order chi connectivity index (χ1) is 13.5. The smallest absolute Gasteiger partial charge is 0.253 e. The van der Waals surface area contributed by atoms with Gasteiger partial charge in [-0.15, -0.1) is 0 Å². The summed E-state index contributed by atoms with van der Waals surface area (Å²) in [5.74, 6) is 0.726. The van der Waals surface area contributed by atoms with Crippen molar-refractivity contribution < 1.29 is 9.53 Å². The highest BCUT2D eigenvalue weighted by atomic mass is 16.5. The SMILES string of the molecule is CCC(=O)N(Cc1ccccc1OC)Cc1cc2cc(CC)ccc2[nH]c1=O. The Labute approximate surface area is 165 Å². The third kappa shape index (κ3) is 4.25. The van der Waals surface area contributed by atoms with Gasteiger partial charge in [-0.1, -0.05) is 38.1 Å². The second kappa shape index (κ2) is 8.74. The highest BCUT2D eigenvalue weighted by Gasteiger charge is 2.17. The molecule has 5 nitrogen and oxygen atoms in total. The zero-order valence-electron chi connectivity index (χ0n) is 16.6. The van der Waals surface area contributed by atoms with Gasteiger partial charge < -0.3 is 14.6 Å². The lowest BCUT2D eigenvalue weighted by Crippen LogP contribution is -2.32. The van der Waals surface area contributed by atoms with Gasteiger partial charge in [0.15, 0.2) is 0 Å². The molecule has 0 spiro atoms. The molecule has 0 aliphatic heterocycles. The van der Waals surface area contributed by atoms with Gasteiger partial charge in [0.1, 0.15) is 5.75 Å². The monoisotopic (exact) mass is 378 g/mol. The van der Waals surface area contributed by atoms with Crippen molar-refractivity contribution in [2.45, 2.75) is 39.8 Å². The minimum absolute atomic E-state index is 0.00675. The molecular weight excluding hydrogens is 352 g/mol. The number of amides is 1. The molecule has 0 bridgehead atoms. The molecule has 1 amide bonds. The first-order valence-corrected chi connectivity index (χ1v) is 9.60. The number of aryl methyl sites for hydroxylation is 1. The maximum absolute atomic E-state index is 12.6. The number of aromatic amines is 1. The van der Waals surface area contributed by atoms with Gasteiger partial charge in [0.2, 0.25) is 5.91 Å². The molecule has 3 aromatic rings. The predicted molar refractivity (Wildman–Crippen MR) is 111 cm³/mol. The van der Waals surface area contributed by atoms with Crippen molar-refractivity contribution in [3.63, 3.8) is 0 Å². The number of para-hydroxylation sites is 1. The molecule has 0 fully saturated rings. The quantitative estimate of drug-likeness (QED) is 0.675. The summed E-state index contributed by atoms with van der Waals surface area (Å²) >= 11 is 0. The van der Waals surface area contributed by atoms with Gasteiger partial charge in [-0.05, 0) is 41.6 Å². The molecule has 1 aromatic heterocycles. The van der Waals surface area contributed by atoms with Crippen LogP contribution in [0.3, 0.4) is 0 Å². The molecule has 1 N–H and O–H groups in total. The van der Waals surface area contributed by atoms with Gasteiger partial charge in [-0.25, -0.2) is 0 Å². The molecule has 0 aliphatic carbocycles. The van der Waals surface area contributed by atoms with Crippen molar-refractivity contribution in [1.29, 1.82) is 0 Å². The molecular formula is C23H26N2O3. The number of methoxy groups -OCH3 is 1. The van der Waals surface area contributed by atoms with Crippen molar-refractivity contribution >= 4 is 16.8 Å². The van der Waals surface area contributed by atoms with Crippen LogP contribution >= 0.6 is 0 Å². The van der Waals surface area contributed by atoms with E-state index in [4.69, 9.17) is 4.74 Å². The third-order valence-electron chi connectivity index (χ3n) is 4.96. The minimum Gasteiger partial charge on any atom is -0.496 e. The largest absolute Gasteiger partial charge is 0.496 e. The van der Waals surface area contributed by atoms with Crippen LogP contribution in [0.1, 0.15) is 37.0 Å². The van der Waals surface area contributed by atoms with Crippen molar-refractivity contribution in [1.82, 2.24) is 9.88 Å². The van der Waals surface area contributed by atoms with E-state index in [2.05, 4.69) is 18.0 Å². The molecule has 2 aromatic carbocycles. The lowest BCUT2D eigenvalue weighted by Gasteiger charge is -2.23. The van der Waals surface area contributed by atoms with Crippen molar-refractivity contribution in [2.24, 2.45) is 0 Å². The number of hydrogen-bond acceptors (Lipinski definition) is 3. The number of carbonyl (C=O) groups is 1. The Morgan fingerprint density at radius 2 is 1.79 bits per heavy atom. The summed E-state index contributed by atoms with van der Waals surface area (Å²) in [7, 11) is 1.62. The lowest BCUT2D eigenvalue weighted by molar-refractivity contribution is -0.132. The van der Waals surface area contributed by atoms with E-state index in [-0.39, 0.29) is 18.0 Å². The van der Waals surface area contributed by atoms with Crippen LogP contribution in [0.4, 0.5) is 0 Å². The summed E-state index contributed by atoms with van der Waals surface area (Å²) in [4.78, 5) is 29.8. The standard InChI is InChI=1S/C23H26N2O3/c1-4-16-10-11-20-18(12-16)13-19(23(27)24-20)15-25(22(26)5-2)14-17-8-6-7-9-21(17)28-3/h6-13H,4-5,14-15H2,1-3H3,(H,24,27). The fraction of sp³-hybridized carbons (Fsp3) is 0.304. The zero-order chi connectivity index (χ0) is 20.1. The first kappa shape index (κ1) is 19.7. The molecule has 0 aliphatic rings. The van der Waals surface area contributed by atoms with Gasteiger partial charge in [-0.2, -0.15) is 0 Å². The van der Waals surface area contributed by atoms with Gasteiger partial charge in [0, 0.05) is 29.6 Å². The van der Waals surface area contributed by atoms with Crippen LogP contribution < -0.4 is 10.3 Å². The van der Waals surface area contributed by atoms with Gasteiger partial charge >= 0.3 is 0 Å². The second-order valence-corrected chi connectivity index (χ2v) is 6.81. The summed E-state index contributed by atoms with van der Waals surface area (Å²) in [6, 6.07) is 15.6. The number of pyridine rings is 1. The molecule has 146 valence electrons. The van der Waals surface area contributed by atoms with E-state index in [0.29, 0.717) is 18.5 Å². The Hall–Kier alpha value is -3.08. The van der Waals surface area contributed by atoms with E-state index in [1.165, 1.54) is 5.56 Å². The summed E-state index contributed by atoms with van der Waals surface area (Å²) in [5, 5.41) is 0.982. The van der Waals surface area contributed by atoms with Crippen LogP contribution in [0, 0.1) is 0 Å². The molecule has 0 atom stereocenters. The molecule has 0 radical (unpaired) electrons. The molecule has 0 unspecified atom stereocenters. The normalized spacial score (nSPS) is 10.8. The molecule has 28 heavy (non-hydrogen) atoms. The van der Waals surface area contributed by atoms with Crippen molar-refractivity contribution in [2.75, 3.05) is 7.11 Å². The molecule has 3 rings (SSSR count). The number of rotatable bonds is 7. The highest BCUT2D eigenvalue weighted by molar-refractivity contribution is 5.80. The van der Waals surface area contributed by atoms with E-state index < -0.39 is 0 Å². The highest BCUT2D eigenvalue weighted by Crippen LogP contribution is 2.21. The van der Waals surface area contributed by atoms with Crippen LogP contribution in [-0.2, 0) is 24.3 Å². The number of ether oxygens (including phenoxy) is 1. The third-order valence-corrected chi connectivity index (χ3v) is 4.96. The number of benzene rings is 2. The Morgan fingerprint density at radius 3 is 2.50 bits per heavy atom. The molecule has 0 saturated carbocycles. The van der Waals surface area contributed by atoms with Crippen LogP contribution in [-0.4, -0.2) is 22.9 Å². The number of fused-ring (bicyclic) bond motifs is 1. The van der Waals surface area contributed by atoms with Crippen LogP contribution in [0.2, 0.25) is 0 Å². The lowest BCUT2D eigenvalue weighted by atomic mass is 10.1. The van der Waals surface area contributed by atoms with E-state index in [1.54, 1.807) is 12.0 Å². The van der Waals surface area contributed by atoms with Crippen LogP contribution in [0.25, 0.3) is 10.9 Å². The summed E-state index contributed by atoms with van der Waals surface area (Å²) in [6.07, 6.45) is 1.30. The first-order valence-electron chi connectivity index (χ1n) is 9.60. The number of carbonyl (C=O) groups excluding carboxylic acids is 1. The number of H-pyrrole nitrogens is 1. The molecule has 5 heteroatoms. The van der Waals surface area contributed by atoms with Crippen molar-refractivity contribution in [3.8, 4) is 5.75 Å². The maximum Gasteiger partial charge on any atom is 0.253 e. The Bertz CT molecular complexity index is 1040. The van der Waals surface area contributed by atoms with E-state index in [1.807, 2.05) is 49.4 Å². The summed E-state index contributed by atoms with van der Waals surface area (Å²) in [5.41, 5.74) is 3.35. The zero-order valence-corrected chi connectivity index (χ0v) is 16.6. The average Bonchev–Trinajstić information content (AvgIpc) is 2.73. The Morgan fingerprint density at radius 1 is 1.04 bits per heavy atom. The minimum atomic E-state index is -0.161. The fourth-order valence-electron chi connectivity index (χ4n) is 3.34. The van der Waals surface area contributed by atoms with Gasteiger partial charge in [-0.3, -0.25) is 9.59 Å². The van der Waals surface area contributed by atoms with Crippen LogP contribution in [0.15, 0.2) is 53.3 Å². The maximum atomic E-state index is 12.6. The topological polar surface area (TPSA) is 62.4 Å². The Balaban J connectivity index is 1.95. The summed E-state index contributed by atoms with van der Waals surface area (Å²) < 4.78 is 5.41. The molecule has 0 saturated heterocycles. The van der Waals surface area contributed by atoms with Gasteiger partial charge in [0.25, 0.3) is 5.56 Å². The van der Waals surface area contributed by atoms with E-state index in [9.17, 15) is 9.59 Å². The Kier molecular flexibility index (Phi) is 6.14. The van der Waals surface area contributed by atoms with Gasteiger partial charge in [0.05, 0.1) is 13.7 Å². The molecule has 1 heterocycles. The average molecular weight is 378 g/mol. The predicted octanol–water partition coefficient (Wildman–Crippen LogP) is 4.04. The van der Waals surface area contributed by atoms with E-state index in [0.717, 1.165) is 28.6 Å². The number of hydrogen-bond donors (Lipinski definition) is 1. The fourth-order valence-corrected chi connectivity index (χ4v) is 3.34. The van der Waals surface area contributed by atoms with E-state index >= 15 is 0 Å². The second-order valence-electron chi connectivity index (χ2n) is 6.81. The number of aromatic nitrogens is 1.